The van der Waals surface area contributed by atoms with Gasteiger partial charge >= 0.3 is 0 Å². The van der Waals surface area contributed by atoms with Crippen LogP contribution in [-0.2, 0) is 0 Å². The zero-order chi connectivity index (χ0) is 15.8. The molecule has 0 radical (unpaired) electrons. The first kappa shape index (κ1) is 14.4. The highest BCUT2D eigenvalue weighted by molar-refractivity contribution is 7.11. The van der Waals surface area contributed by atoms with Crippen LogP contribution in [0.15, 0.2) is 18.2 Å². The van der Waals surface area contributed by atoms with Gasteiger partial charge in [-0.15, -0.1) is 21.5 Å². The van der Waals surface area contributed by atoms with Crippen LogP contribution in [0.2, 0.25) is 0 Å². The minimum absolute atomic E-state index is 0.0363. The molecule has 1 fully saturated rings. The summed E-state index contributed by atoms with van der Waals surface area (Å²) in [7, 11) is 0. The Balaban J connectivity index is 1.51. The van der Waals surface area contributed by atoms with Gasteiger partial charge in [0.15, 0.2) is 11.5 Å². The molecule has 0 spiro atoms. The van der Waals surface area contributed by atoms with E-state index in [0.29, 0.717) is 23.6 Å². The molecule has 1 unspecified atom stereocenters. The van der Waals surface area contributed by atoms with E-state index in [0.717, 1.165) is 29.4 Å². The zero-order valence-corrected chi connectivity index (χ0v) is 13.6. The largest absolute Gasteiger partial charge is 0.454 e. The van der Waals surface area contributed by atoms with E-state index in [1.165, 1.54) is 0 Å². The van der Waals surface area contributed by atoms with Gasteiger partial charge in [0.05, 0.1) is 0 Å². The van der Waals surface area contributed by atoms with E-state index >= 15 is 0 Å². The fourth-order valence-electron chi connectivity index (χ4n) is 3.05. The number of rotatable bonds is 2. The van der Waals surface area contributed by atoms with Gasteiger partial charge in [-0.1, -0.05) is 0 Å². The number of aromatic nitrogens is 2. The second-order valence-electron chi connectivity index (χ2n) is 5.82. The number of carbonyl (C=O) groups is 1. The van der Waals surface area contributed by atoms with Gasteiger partial charge in [0, 0.05) is 24.6 Å². The van der Waals surface area contributed by atoms with Crippen LogP contribution in [-0.4, -0.2) is 40.9 Å². The van der Waals surface area contributed by atoms with Crippen molar-refractivity contribution in [2.75, 3.05) is 19.9 Å². The summed E-state index contributed by atoms with van der Waals surface area (Å²) in [5.41, 5.74) is 0.642. The van der Waals surface area contributed by atoms with E-state index < -0.39 is 0 Å². The molecule has 1 amide bonds. The van der Waals surface area contributed by atoms with Crippen molar-refractivity contribution in [3.8, 4) is 11.5 Å². The smallest absolute Gasteiger partial charge is 0.254 e. The summed E-state index contributed by atoms with van der Waals surface area (Å²) in [6.07, 6.45) is 2.04. The van der Waals surface area contributed by atoms with Crippen LogP contribution < -0.4 is 9.47 Å². The monoisotopic (exact) mass is 331 g/mol. The van der Waals surface area contributed by atoms with Gasteiger partial charge in [-0.2, -0.15) is 0 Å². The molecule has 7 heteroatoms. The molecule has 1 aromatic heterocycles. The van der Waals surface area contributed by atoms with Gasteiger partial charge in [0.2, 0.25) is 6.79 Å². The van der Waals surface area contributed by atoms with E-state index in [1.807, 2.05) is 11.8 Å². The van der Waals surface area contributed by atoms with Gasteiger partial charge in [-0.05, 0) is 38.0 Å². The minimum atomic E-state index is 0.0363. The Labute approximate surface area is 138 Å². The predicted molar refractivity (Wildman–Crippen MR) is 85.1 cm³/mol. The Bertz CT molecular complexity index is 746. The Morgan fingerprint density at radius 3 is 3.00 bits per heavy atom. The number of likely N-dealkylation sites (tertiary alicyclic amines) is 1. The number of fused-ring (bicyclic) bond motifs is 1. The molecule has 0 saturated carbocycles. The average molecular weight is 331 g/mol. The Morgan fingerprint density at radius 1 is 1.30 bits per heavy atom. The van der Waals surface area contributed by atoms with Crippen molar-refractivity contribution >= 4 is 17.2 Å². The van der Waals surface area contributed by atoms with Gasteiger partial charge in [-0.25, -0.2) is 0 Å². The van der Waals surface area contributed by atoms with E-state index in [9.17, 15) is 4.79 Å². The van der Waals surface area contributed by atoms with Crippen molar-refractivity contribution < 1.29 is 14.3 Å². The third-order valence-corrected chi connectivity index (χ3v) is 5.22. The SMILES string of the molecule is Cc1nnc(C2CCCN(C(=O)c3ccc4c(c3)OCO4)C2)s1. The number of aryl methyl sites for hydroxylation is 1. The van der Waals surface area contributed by atoms with Crippen molar-refractivity contribution in [3.05, 3.63) is 33.8 Å². The second kappa shape index (κ2) is 5.81. The number of amides is 1. The molecule has 3 heterocycles. The van der Waals surface area contributed by atoms with E-state index in [1.54, 1.807) is 29.5 Å². The molecule has 0 aliphatic carbocycles. The lowest BCUT2D eigenvalue weighted by Gasteiger charge is -2.31. The third-order valence-electron chi connectivity index (χ3n) is 4.22. The summed E-state index contributed by atoms with van der Waals surface area (Å²) in [5.74, 6) is 1.66. The first-order valence-electron chi connectivity index (χ1n) is 7.69. The highest BCUT2D eigenvalue weighted by atomic mass is 32.1. The highest BCUT2D eigenvalue weighted by Crippen LogP contribution is 2.34. The van der Waals surface area contributed by atoms with Gasteiger partial charge in [-0.3, -0.25) is 4.79 Å². The molecule has 0 N–H and O–H groups in total. The van der Waals surface area contributed by atoms with Gasteiger partial charge < -0.3 is 14.4 Å². The second-order valence-corrected chi connectivity index (χ2v) is 7.03. The molecule has 4 rings (SSSR count). The minimum Gasteiger partial charge on any atom is -0.454 e. The van der Waals surface area contributed by atoms with Crippen LogP contribution in [0.5, 0.6) is 11.5 Å². The van der Waals surface area contributed by atoms with Crippen LogP contribution in [0.1, 0.15) is 39.1 Å². The van der Waals surface area contributed by atoms with Crippen LogP contribution in [0, 0.1) is 6.92 Å². The number of carbonyl (C=O) groups excluding carboxylic acids is 1. The summed E-state index contributed by atoms with van der Waals surface area (Å²) in [6, 6.07) is 5.36. The molecule has 120 valence electrons. The standard InChI is InChI=1S/C16H17N3O3S/c1-10-17-18-15(23-10)12-3-2-6-19(8-12)16(20)11-4-5-13-14(7-11)22-9-21-13/h4-5,7,12H,2-3,6,8-9H2,1H3. The van der Waals surface area contributed by atoms with Crippen molar-refractivity contribution in [2.24, 2.45) is 0 Å². The normalized spacial score (nSPS) is 19.9. The lowest BCUT2D eigenvalue weighted by atomic mass is 9.98. The number of ether oxygens (including phenoxy) is 2. The number of nitrogens with zero attached hydrogens (tertiary/aromatic N) is 3. The molecule has 1 saturated heterocycles. The van der Waals surface area contributed by atoms with Crippen molar-refractivity contribution in [1.29, 1.82) is 0 Å². The Kier molecular flexibility index (Phi) is 3.65. The molecule has 0 bridgehead atoms. The van der Waals surface area contributed by atoms with Crippen molar-refractivity contribution in [2.45, 2.75) is 25.7 Å². The van der Waals surface area contributed by atoms with Gasteiger partial charge in [0.1, 0.15) is 10.0 Å². The lowest BCUT2D eigenvalue weighted by Crippen LogP contribution is -2.39. The third kappa shape index (κ3) is 2.76. The molecule has 1 atom stereocenters. The molecule has 23 heavy (non-hydrogen) atoms. The van der Waals surface area contributed by atoms with Crippen molar-refractivity contribution in [3.63, 3.8) is 0 Å². The fraction of sp³-hybridized carbons (Fsp3) is 0.438. The van der Waals surface area contributed by atoms with Crippen LogP contribution in [0.4, 0.5) is 0 Å². The molecule has 1 aromatic carbocycles. The first-order chi connectivity index (χ1) is 11.2. The molecular weight excluding hydrogens is 314 g/mol. The predicted octanol–water partition coefficient (Wildman–Crippen LogP) is 2.60. The maximum Gasteiger partial charge on any atom is 0.254 e. The first-order valence-corrected chi connectivity index (χ1v) is 8.51. The number of hydrogen-bond acceptors (Lipinski definition) is 6. The molecule has 6 nitrogen and oxygen atoms in total. The van der Waals surface area contributed by atoms with E-state index in [-0.39, 0.29) is 18.6 Å². The molecule has 2 aliphatic heterocycles. The van der Waals surface area contributed by atoms with E-state index in [2.05, 4.69) is 10.2 Å². The number of piperidine rings is 1. The molecular formula is C16H17N3O3S. The highest BCUT2D eigenvalue weighted by Gasteiger charge is 2.28. The average Bonchev–Trinajstić information content (AvgIpc) is 3.22. The Morgan fingerprint density at radius 2 is 2.17 bits per heavy atom. The molecule has 2 aromatic rings. The topological polar surface area (TPSA) is 64.6 Å². The summed E-state index contributed by atoms with van der Waals surface area (Å²) in [4.78, 5) is 14.7. The fourth-order valence-corrected chi connectivity index (χ4v) is 3.88. The van der Waals surface area contributed by atoms with Crippen molar-refractivity contribution in [1.82, 2.24) is 15.1 Å². The quantitative estimate of drug-likeness (QED) is 0.846. The lowest BCUT2D eigenvalue weighted by molar-refractivity contribution is 0.0706. The summed E-state index contributed by atoms with van der Waals surface area (Å²) in [6.45, 7) is 3.65. The van der Waals surface area contributed by atoms with Crippen LogP contribution in [0.3, 0.4) is 0 Å². The summed E-state index contributed by atoms with van der Waals surface area (Å²) in [5, 5.41) is 10.3. The zero-order valence-electron chi connectivity index (χ0n) is 12.8. The summed E-state index contributed by atoms with van der Waals surface area (Å²) < 4.78 is 10.7. The molecule has 2 aliphatic rings. The van der Waals surface area contributed by atoms with Gasteiger partial charge in [0.25, 0.3) is 5.91 Å². The number of hydrogen-bond donors (Lipinski definition) is 0. The van der Waals surface area contributed by atoms with Crippen LogP contribution >= 0.6 is 11.3 Å². The summed E-state index contributed by atoms with van der Waals surface area (Å²) >= 11 is 1.62. The van der Waals surface area contributed by atoms with E-state index in [4.69, 9.17) is 9.47 Å². The maximum absolute atomic E-state index is 12.8. The maximum atomic E-state index is 12.8. The van der Waals surface area contributed by atoms with Crippen LogP contribution in [0.25, 0.3) is 0 Å². The Hall–Kier alpha value is -2.15. The number of benzene rings is 1.